The molecule has 1 aromatic rings. The molecule has 0 aromatic heterocycles. The van der Waals surface area contributed by atoms with Gasteiger partial charge >= 0.3 is 0 Å². The van der Waals surface area contributed by atoms with Crippen molar-refractivity contribution in [2.75, 3.05) is 19.4 Å². The lowest BCUT2D eigenvalue weighted by Gasteiger charge is -2.16. The van der Waals surface area contributed by atoms with Gasteiger partial charge in [0.2, 0.25) is 15.0 Å². The third-order valence-electron chi connectivity index (χ3n) is 3.26. The van der Waals surface area contributed by atoms with E-state index in [2.05, 4.69) is 0 Å². The molecule has 0 spiro atoms. The van der Waals surface area contributed by atoms with Gasteiger partial charge in [0.25, 0.3) is 0 Å². The summed E-state index contributed by atoms with van der Waals surface area (Å²) in [5.74, 6) is 0.348. The van der Waals surface area contributed by atoms with Gasteiger partial charge in [0.05, 0.1) is 12.9 Å². The lowest BCUT2D eigenvalue weighted by molar-refractivity contribution is -0.128. The molecule has 1 aliphatic rings. The Balaban J connectivity index is 1.97. The minimum atomic E-state index is -3.56. The predicted molar refractivity (Wildman–Crippen MR) is 76.2 cm³/mol. The van der Waals surface area contributed by atoms with Gasteiger partial charge in [-0.2, -0.15) is 0 Å². The van der Waals surface area contributed by atoms with E-state index in [1.54, 1.807) is 12.0 Å². The van der Waals surface area contributed by atoms with Crippen LogP contribution in [0.15, 0.2) is 24.3 Å². The highest BCUT2D eigenvalue weighted by molar-refractivity contribution is 8.13. The standard InChI is InChI=1S/C13H16ClNO4S/c1-19-12-4-2-10(3-5-12)7-15-8-11(6-13(15)16)9-20(14,17)18/h2-5,11H,6-9H2,1H3. The summed E-state index contributed by atoms with van der Waals surface area (Å²) in [5, 5.41) is 0. The zero-order valence-corrected chi connectivity index (χ0v) is 12.7. The Morgan fingerprint density at radius 3 is 2.55 bits per heavy atom. The van der Waals surface area contributed by atoms with Crippen molar-refractivity contribution in [2.45, 2.75) is 13.0 Å². The minimum absolute atomic E-state index is 0.0360. The number of nitrogens with zero attached hydrogens (tertiary/aromatic N) is 1. The molecule has 0 N–H and O–H groups in total. The molecule has 0 aliphatic carbocycles. The van der Waals surface area contributed by atoms with Gasteiger partial charge in [-0.3, -0.25) is 4.79 Å². The summed E-state index contributed by atoms with van der Waals surface area (Å²) in [6.07, 6.45) is 0.238. The number of hydrogen-bond donors (Lipinski definition) is 0. The van der Waals surface area contributed by atoms with Crippen molar-refractivity contribution in [1.29, 1.82) is 0 Å². The van der Waals surface area contributed by atoms with Crippen LogP contribution in [0.5, 0.6) is 5.75 Å². The van der Waals surface area contributed by atoms with Crippen molar-refractivity contribution >= 4 is 25.6 Å². The van der Waals surface area contributed by atoms with E-state index < -0.39 is 9.05 Å². The molecule has 0 bridgehead atoms. The Hall–Kier alpha value is -1.27. The quantitative estimate of drug-likeness (QED) is 0.774. The van der Waals surface area contributed by atoms with Crippen LogP contribution >= 0.6 is 10.7 Å². The molecule has 1 aromatic carbocycles. The molecule has 0 radical (unpaired) electrons. The number of methoxy groups -OCH3 is 1. The molecule has 1 amide bonds. The Morgan fingerprint density at radius 2 is 2.00 bits per heavy atom. The molecule has 5 nitrogen and oxygen atoms in total. The van der Waals surface area contributed by atoms with Gasteiger partial charge in [-0.15, -0.1) is 0 Å². The molecule has 110 valence electrons. The van der Waals surface area contributed by atoms with Crippen LogP contribution in [0.2, 0.25) is 0 Å². The van der Waals surface area contributed by atoms with Crippen molar-refractivity contribution in [3.05, 3.63) is 29.8 Å². The van der Waals surface area contributed by atoms with E-state index in [9.17, 15) is 13.2 Å². The van der Waals surface area contributed by atoms with Gasteiger partial charge in [0, 0.05) is 36.1 Å². The van der Waals surface area contributed by atoms with E-state index in [1.807, 2.05) is 24.3 Å². The maximum Gasteiger partial charge on any atom is 0.232 e. The first kappa shape index (κ1) is 15.1. The summed E-state index contributed by atoms with van der Waals surface area (Å²) >= 11 is 0. The lowest BCUT2D eigenvalue weighted by Crippen LogP contribution is -2.25. The number of halogens is 1. The van der Waals surface area contributed by atoms with Crippen LogP contribution in [-0.2, 0) is 20.4 Å². The van der Waals surface area contributed by atoms with E-state index in [4.69, 9.17) is 15.4 Å². The molecule has 0 saturated carbocycles. The smallest absolute Gasteiger partial charge is 0.232 e. The van der Waals surface area contributed by atoms with Gasteiger partial charge in [-0.05, 0) is 17.7 Å². The third-order valence-corrected chi connectivity index (χ3v) is 4.51. The Kier molecular flexibility index (Phi) is 4.55. The van der Waals surface area contributed by atoms with Crippen LogP contribution in [0.3, 0.4) is 0 Å². The summed E-state index contributed by atoms with van der Waals surface area (Å²) in [4.78, 5) is 13.5. The molecule has 20 heavy (non-hydrogen) atoms. The highest BCUT2D eigenvalue weighted by Crippen LogP contribution is 2.23. The number of likely N-dealkylation sites (tertiary alicyclic amines) is 1. The SMILES string of the molecule is COc1ccc(CN2CC(CS(=O)(=O)Cl)CC2=O)cc1. The Labute approximate surface area is 122 Å². The second-order valence-corrected chi connectivity index (χ2v) is 7.72. The molecule has 1 saturated heterocycles. The number of rotatable bonds is 5. The normalized spacial score (nSPS) is 19.4. The lowest BCUT2D eigenvalue weighted by atomic mass is 10.1. The fourth-order valence-corrected chi connectivity index (χ4v) is 3.67. The maximum atomic E-state index is 11.9. The molecule has 1 atom stereocenters. The zero-order valence-electron chi connectivity index (χ0n) is 11.1. The fraction of sp³-hybridized carbons (Fsp3) is 0.462. The molecule has 7 heteroatoms. The van der Waals surface area contributed by atoms with Crippen LogP contribution in [0, 0.1) is 5.92 Å². The van der Waals surface area contributed by atoms with Crippen molar-refractivity contribution in [2.24, 2.45) is 5.92 Å². The van der Waals surface area contributed by atoms with Crippen molar-refractivity contribution in [3.63, 3.8) is 0 Å². The van der Waals surface area contributed by atoms with Crippen LogP contribution in [0.1, 0.15) is 12.0 Å². The molecule has 1 fully saturated rings. The summed E-state index contributed by atoms with van der Waals surface area (Å²) in [6.45, 7) is 0.901. The Morgan fingerprint density at radius 1 is 1.35 bits per heavy atom. The van der Waals surface area contributed by atoms with Crippen LogP contribution in [0.4, 0.5) is 0 Å². The van der Waals surface area contributed by atoms with E-state index >= 15 is 0 Å². The summed E-state index contributed by atoms with van der Waals surface area (Å²) < 4.78 is 27.2. The number of benzene rings is 1. The van der Waals surface area contributed by atoms with Gasteiger partial charge < -0.3 is 9.64 Å². The minimum Gasteiger partial charge on any atom is -0.497 e. The second-order valence-electron chi connectivity index (χ2n) is 4.90. The monoisotopic (exact) mass is 317 g/mol. The fourth-order valence-electron chi connectivity index (χ4n) is 2.35. The van der Waals surface area contributed by atoms with Gasteiger partial charge in [0.1, 0.15) is 5.75 Å². The maximum absolute atomic E-state index is 11.9. The third kappa shape index (κ3) is 4.11. The average Bonchev–Trinajstić information content (AvgIpc) is 2.68. The van der Waals surface area contributed by atoms with Crippen LogP contribution in [0.25, 0.3) is 0 Å². The highest BCUT2D eigenvalue weighted by atomic mass is 35.7. The number of hydrogen-bond acceptors (Lipinski definition) is 4. The number of amides is 1. The van der Waals surface area contributed by atoms with Crippen LogP contribution < -0.4 is 4.74 Å². The number of carbonyl (C=O) groups excluding carboxylic acids is 1. The first-order valence-corrected chi connectivity index (χ1v) is 8.68. The Bertz CT molecular complexity index is 585. The van der Waals surface area contributed by atoms with Gasteiger partial charge in [-0.25, -0.2) is 8.42 Å². The molecule has 1 aliphatic heterocycles. The number of ether oxygens (including phenoxy) is 1. The zero-order chi connectivity index (χ0) is 14.8. The van der Waals surface area contributed by atoms with E-state index in [-0.39, 0.29) is 24.0 Å². The molecular weight excluding hydrogens is 302 g/mol. The van der Waals surface area contributed by atoms with Gasteiger partial charge in [-0.1, -0.05) is 12.1 Å². The molecule has 1 unspecified atom stereocenters. The molecule has 2 rings (SSSR count). The summed E-state index contributed by atoms with van der Waals surface area (Å²) in [6, 6.07) is 7.43. The van der Waals surface area contributed by atoms with Crippen LogP contribution in [-0.4, -0.2) is 38.6 Å². The largest absolute Gasteiger partial charge is 0.497 e. The second kappa shape index (κ2) is 6.01. The number of carbonyl (C=O) groups is 1. The van der Waals surface area contributed by atoms with Gasteiger partial charge in [0.15, 0.2) is 0 Å². The summed E-state index contributed by atoms with van der Waals surface area (Å²) in [7, 11) is 3.26. The first-order chi connectivity index (χ1) is 9.37. The van der Waals surface area contributed by atoms with Crippen molar-refractivity contribution < 1.29 is 17.9 Å². The van der Waals surface area contributed by atoms with Crippen molar-refractivity contribution in [1.82, 2.24) is 4.90 Å². The van der Waals surface area contributed by atoms with E-state index in [0.29, 0.717) is 13.1 Å². The molecule has 1 heterocycles. The van der Waals surface area contributed by atoms with Crippen molar-refractivity contribution in [3.8, 4) is 5.75 Å². The van der Waals surface area contributed by atoms with E-state index in [0.717, 1.165) is 11.3 Å². The predicted octanol–water partition coefficient (Wildman–Crippen LogP) is 1.61. The molecular formula is C13H16ClNO4S. The first-order valence-electron chi connectivity index (χ1n) is 6.20. The average molecular weight is 318 g/mol. The topological polar surface area (TPSA) is 63.7 Å². The summed E-state index contributed by atoms with van der Waals surface area (Å²) in [5.41, 5.74) is 0.980. The van der Waals surface area contributed by atoms with E-state index in [1.165, 1.54) is 0 Å². The highest BCUT2D eigenvalue weighted by Gasteiger charge is 2.32.